The highest BCUT2D eigenvalue weighted by Gasteiger charge is 2.29. The van der Waals surface area contributed by atoms with Gasteiger partial charge in [-0.25, -0.2) is 18.7 Å². The molecule has 154 valence electrons. The quantitative estimate of drug-likeness (QED) is 0.715. The second-order valence-electron chi connectivity index (χ2n) is 7.41. The van der Waals surface area contributed by atoms with Gasteiger partial charge in [-0.2, -0.15) is 0 Å². The van der Waals surface area contributed by atoms with Crippen LogP contribution in [0.2, 0.25) is 0 Å². The van der Waals surface area contributed by atoms with E-state index in [-0.39, 0.29) is 23.8 Å². The number of hydrogen-bond donors (Lipinski definition) is 1. The molecule has 1 aliphatic rings. The molecule has 8 heteroatoms. The van der Waals surface area contributed by atoms with Crippen LogP contribution in [-0.4, -0.2) is 38.8 Å². The lowest BCUT2D eigenvalue weighted by Crippen LogP contribution is -2.30. The molecule has 1 aliphatic heterocycles. The highest BCUT2D eigenvalue weighted by molar-refractivity contribution is 5.80. The van der Waals surface area contributed by atoms with Crippen molar-refractivity contribution in [2.24, 2.45) is 0 Å². The van der Waals surface area contributed by atoms with Crippen LogP contribution in [0.5, 0.6) is 0 Å². The van der Waals surface area contributed by atoms with Gasteiger partial charge in [0.25, 0.3) is 0 Å². The molecule has 2 aromatic heterocycles. The molecule has 0 spiro atoms. The van der Waals surface area contributed by atoms with Crippen LogP contribution >= 0.6 is 0 Å². The minimum Gasteiger partial charge on any atom is -0.397 e. The third-order valence-electron chi connectivity index (χ3n) is 5.25. The fraction of sp³-hybridized carbons (Fsp3) is 0.273. The summed E-state index contributed by atoms with van der Waals surface area (Å²) in [5, 5.41) is 0. The van der Waals surface area contributed by atoms with Gasteiger partial charge in [0, 0.05) is 42.5 Å². The molecule has 1 saturated heterocycles. The molecule has 30 heavy (non-hydrogen) atoms. The molecule has 4 rings (SSSR count). The minimum atomic E-state index is -0.718. The van der Waals surface area contributed by atoms with Gasteiger partial charge in [0.1, 0.15) is 17.5 Å². The third-order valence-corrected chi connectivity index (χ3v) is 5.25. The maximum absolute atomic E-state index is 14.1. The summed E-state index contributed by atoms with van der Waals surface area (Å²) in [5.41, 5.74) is 8.08. The molecule has 3 heterocycles. The number of benzene rings is 1. The van der Waals surface area contributed by atoms with Gasteiger partial charge in [0.15, 0.2) is 0 Å². The average Bonchev–Trinajstić information content (AvgIpc) is 3.20. The summed E-state index contributed by atoms with van der Waals surface area (Å²) in [6, 6.07) is 8.27. The number of carbonyl (C=O) groups is 1. The van der Waals surface area contributed by atoms with Crippen molar-refractivity contribution in [3.05, 3.63) is 71.4 Å². The molecule has 1 unspecified atom stereocenters. The number of aromatic nitrogens is 3. The van der Waals surface area contributed by atoms with E-state index in [0.717, 1.165) is 24.0 Å². The second-order valence-corrected chi connectivity index (χ2v) is 7.41. The Morgan fingerprint density at radius 3 is 2.80 bits per heavy atom. The SMILES string of the molecule is Cc1ccnc(C2CCN(C(=O)Cc3nc(-c4ccc(F)cc4F)ccc3N)C2)n1. The number of nitrogens with zero attached hydrogens (tertiary/aromatic N) is 4. The van der Waals surface area contributed by atoms with E-state index in [0.29, 0.717) is 30.2 Å². The van der Waals surface area contributed by atoms with Crippen molar-refractivity contribution in [3.63, 3.8) is 0 Å². The Bertz CT molecular complexity index is 1100. The predicted molar refractivity (Wildman–Crippen MR) is 108 cm³/mol. The third kappa shape index (κ3) is 4.12. The van der Waals surface area contributed by atoms with Crippen LogP contribution in [0.4, 0.5) is 14.5 Å². The Kier molecular flexibility index (Phi) is 5.39. The van der Waals surface area contributed by atoms with Gasteiger partial charge in [-0.1, -0.05) is 0 Å². The molecule has 0 saturated carbocycles. The Labute approximate surface area is 172 Å². The zero-order chi connectivity index (χ0) is 21.3. The maximum Gasteiger partial charge on any atom is 0.228 e. The Morgan fingerprint density at radius 1 is 1.20 bits per heavy atom. The molecule has 0 radical (unpaired) electrons. The Hall–Kier alpha value is -3.42. The minimum absolute atomic E-state index is 0.00385. The molecular weight excluding hydrogens is 388 g/mol. The number of nitrogens with two attached hydrogens (primary N) is 1. The van der Waals surface area contributed by atoms with Gasteiger partial charge in [0.05, 0.1) is 23.5 Å². The first-order valence-corrected chi connectivity index (χ1v) is 9.69. The number of anilines is 1. The van der Waals surface area contributed by atoms with Crippen molar-refractivity contribution in [1.29, 1.82) is 0 Å². The first-order chi connectivity index (χ1) is 14.4. The fourth-order valence-corrected chi connectivity index (χ4v) is 3.62. The topological polar surface area (TPSA) is 85.0 Å². The van der Waals surface area contributed by atoms with Crippen LogP contribution in [-0.2, 0) is 11.2 Å². The highest BCUT2D eigenvalue weighted by atomic mass is 19.1. The molecule has 0 bridgehead atoms. The molecule has 1 aromatic carbocycles. The summed E-state index contributed by atoms with van der Waals surface area (Å²) in [7, 11) is 0. The predicted octanol–water partition coefficient (Wildman–Crippen LogP) is 3.27. The lowest BCUT2D eigenvalue weighted by Gasteiger charge is -2.17. The molecule has 1 atom stereocenters. The number of amides is 1. The summed E-state index contributed by atoms with van der Waals surface area (Å²) in [4.78, 5) is 27.8. The molecular formula is C22H21F2N5O. The van der Waals surface area contributed by atoms with Crippen molar-refractivity contribution in [1.82, 2.24) is 19.9 Å². The summed E-state index contributed by atoms with van der Waals surface area (Å²) < 4.78 is 27.3. The normalized spacial score (nSPS) is 16.1. The first-order valence-electron chi connectivity index (χ1n) is 9.69. The van der Waals surface area contributed by atoms with E-state index in [2.05, 4.69) is 15.0 Å². The monoisotopic (exact) mass is 409 g/mol. The van der Waals surface area contributed by atoms with Gasteiger partial charge >= 0.3 is 0 Å². The molecule has 0 aliphatic carbocycles. The van der Waals surface area contributed by atoms with E-state index in [1.165, 1.54) is 12.1 Å². The summed E-state index contributed by atoms with van der Waals surface area (Å²) in [6.07, 6.45) is 2.52. The Morgan fingerprint density at radius 2 is 2.03 bits per heavy atom. The van der Waals surface area contributed by atoms with Crippen molar-refractivity contribution >= 4 is 11.6 Å². The zero-order valence-electron chi connectivity index (χ0n) is 16.5. The number of rotatable bonds is 4. The number of carbonyl (C=O) groups excluding carboxylic acids is 1. The van der Waals surface area contributed by atoms with Crippen molar-refractivity contribution < 1.29 is 13.6 Å². The average molecular weight is 409 g/mol. The number of likely N-dealkylation sites (tertiary alicyclic amines) is 1. The maximum atomic E-state index is 14.1. The van der Waals surface area contributed by atoms with Gasteiger partial charge < -0.3 is 10.6 Å². The van der Waals surface area contributed by atoms with E-state index in [4.69, 9.17) is 5.73 Å². The number of nitrogen functional groups attached to an aromatic ring is 1. The van der Waals surface area contributed by atoms with E-state index < -0.39 is 11.6 Å². The zero-order valence-corrected chi connectivity index (χ0v) is 16.5. The van der Waals surface area contributed by atoms with E-state index in [1.807, 2.05) is 13.0 Å². The van der Waals surface area contributed by atoms with Crippen LogP contribution in [0.15, 0.2) is 42.6 Å². The van der Waals surface area contributed by atoms with Crippen LogP contribution in [0.1, 0.15) is 29.6 Å². The smallest absolute Gasteiger partial charge is 0.228 e. The summed E-state index contributed by atoms with van der Waals surface area (Å²) in [6.45, 7) is 3.05. The van der Waals surface area contributed by atoms with Crippen LogP contribution in [0.25, 0.3) is 11.3 Å². The van der Waals surface area contributed by atoms with Crippen LogP contribution in [0, 0.1) is 18.6 Å². The van der Waals surface area contributed by atoms with Crippen LogP contribution in [0.3, 0.4) is 0 Å². The van der Waals surface area contributed by atoms with E-state index in [9.17, 15) is 13.6 Å². The van der Waals surface area contributed by atoms with Crippen molar-refractivity contribution in [2.45, 2.75) is 25.7 Å². The Balaban J connectivity index is 1.49. The molecule has 1 fully saturated rings. The van der Waals surface area contributed by atoms with Crippen LogP contribution < -0.4 is 5.73 Å². The standard InChI is InChI=1S/C22H21F2N5O/c1-13-6-8-26-22(27-13)14-7-9-29(12-14)21(30)11-20-18(25)4-5-19(28-20)16-3-2-15(23)10-17(16)24/h2-6,8,10,14H,7,9,11-12,25H2,1H3. The molecule has 6 nitrogen and oxygen atoms in total. The number of pyridine rings is 1. The second kappa shape index (κ2) is 8.14. The number of halogens is 2. The first kappa shape index (κ1) is 19.9. The molecule has 2 N–H and O–H groups in total. The summed E-state index contributed by atoms with van der Waals surface area (Å²) >= 11 is 0. The largest absolute Gasteiger partial charge is 0.397 e. The summed E-state index contributed by atoms with van der Waals surface area (Å²) in [5.74, 6) is -0.648. The number of hydrogen-bond acceptors (Lipinski definition) is 5. The van der Waals surface area contributed by atoms with Gasteiger partial charge in [-0.05, 0) is 43.7 Å². The fourth-order valence-electron chi connectivity index (χ4n) is 3.62. The molecule has 1 amide bonds. The van der Waals surface area contributed by atoms with E-state index in [1.54, 1.807) is 23.2 Å². The lowest BCUT2D eigenvalue weighted by molar-refractivity contribution is -0.129. The van der Waals surface area contributed by atoms with Gasteiger partial charge in [0.2, 0.25) is 5.91 Å². The molecule has 3 aromatic rings. The van der Waals surface area contributed by atoms with Gasteiger partial charge in [-0.15, -0.1) is 0 Å². The lowest BCUT2D eigenvalue weighted by atomic mass is 10.1. The van der Waals surface area contributed by atoms with Crippen molar-refractivity contribution in [3.8, 4) is 11.3 Å². The van der Waals surface area contributed by atoms with Gasteiger partial charge in [-0.3, -0.25) is 9.78 Å². The van der Waals surface area contributed by atoms with E-state index >= 15 is 0 Å². The highest BCUT2D eigenvalue weighted by Crippen LogP contribution is 2.27. The number of aryl methyl sites for hydroxylation is 1. The van der Waals surface area contributed by atoms with Crippen molar-refractivity contribution in [2.75, 3.05) is 18.8 Å².